The summed E-state index contributed by atoms with van der Waals surface area (Å²) in [7, 11) is 0. The van der Waals surface area contributed by atoms with Gasteiger partial charge in [0.25, 0.3) is 0 Å². The zero-order chi connectivity index (χ0) is 18.0. The van der Waals surface area contributed by atoms with Crippen molar-refractivity contribution in [2.24, 2.45) is 4.99 Å². The molecule has 0 saturated carbocycles. The summed E-state index contributed by atoms with van der Waals surface area (Å²) in [5.41, 5.74) is 7.51. The highest BCUT2D eigenvalue weighted by atomic mass is 16.5. The molecular formula is C20H22N4O. The quantitative estimate of drug-likeness (QED) is 0.681. The number of aryl methyl sites for hydroxylation is 3. The molecule has 1 N–H and O–H groups in total. The van der Waals surface area contributed by atoms with Gasteiger partial charge in [-0.25, -0.2) is 4.99 Å². The smallest absolute Gasteiger partial charge is 0.141 e. The standard InChI is InChI=1S/C20H22N4O/c1-12(19-14(3)24-25-15(19)4)9-18-17(13(2)23-20(18)21-5)10-16-7-6-8-22-11-16/h6-9,11,23H,5,10H2,1-4H3/b12-9+. The van der Waals surface area contributed by atoms with Gasteiger partial charge in [-0.15, -0.1) is 0 Å². The molecule has 3 heterocycles. The fourth-order valence-electron chi connectivity index (χ4n) is 3.21. The van der Waals surface area contributed by atoms with Gasteiger partial charge in [0.15, 0.2) is 0 Å². The maximum atomic E-state index is 5.30. The van der Waals surface area contributed by atoms with E-state index in [9.17, 15) is 0 Å². The average Bonchev–Trinajstić information content (AvgIpc) is 3.09. The fourth-order valence-corrected chi connectivity index (χ4v) is 3.21. The van der Waals surface area contributed by atoms with Crippen molar-refractivity contribution >= 4 is 24.2 Å². The summed E-state index contributed by atoms with van der Waals surface area (Å²) in [6, 6.07) is 4.03. The summed E-state index contributed by atoms with van der Waals surface area (Å²) >= 11 is 0. The van der Waals surface area contributed by atoms with Gasteiger partial charge in [0, 0.05) is 35.6 Å². The highest BCUT2D eigenvalue weighted by molar-refractivity contribution is 5.86. The van der Waals surface area contributed by atoms with Gasteiger partial charge in [0.05, 0.1) is 5.69 Å². The Morgan fingerprint density at radius 3 is 2.76 bits per heavy atom. The number of aromatic amines is 1. The Morgan fingerprint density at radius 1 is 1.36 bits per heavy atom. The van der Waals surface area contributed by atoms with E-state index >= 15 is 0 Å². The van der Waals surface area contributed by atoms with Gasteiger partial charge in [0.1, 0.15) is 11.6 Å². The average molecular weight is 334 g/mol. The Balaban J connectivity index is 2.09. The van der Waals surface area contributed by atoms with E-state index in [1.165, 1.54) is 5.56 Å². The number of aliphatic imine (C=N–C) groups is 1. The first kappa shape index (κ1) is 16.9. The van der Waals surface area contributed by atoms with Crippen LogP contribution in [-0.2, 0) is 6.42 Å². The zero-order valence-electron chi connectivity index (χ0n) is 15.1. The van der Waals surface area contributed by atoms with Gasteiger partial charge >= 0.3 is 0 Å². The summed E-state index contributed by atoms with van der Waals surface area (Å²) in [4.78, 5) is 11.7. The van der Waals surface area contributed by atoms with Crippen molar-refractivity contribution in [2.45, 2.75) is 34.1 Å². The second kappa shape index (κ2) is 6.89. The first-order valence-electron chi connectivity index (χ1n) is 8.20. The minimum Gasteiger partial charge on any atom is -0.361 e. The number of allylic oxidation sites excluding steroid dienone is 1. The lowest BCUT2D eigenvalue weighted by Crippen LogP contribution is -1.93. The largest absolute Gasteiger partial charge is 0.361 e. The Morgan fingerprint density at radius 2 is 2.16 bits per heavy atom. The molecule has 0 fully saturated rings. The van der Waals surface area contributed by atoms with E-state index in [-0.39, 0.29) is 0 Å². The zero-order valence-corrected chi connectivity index (χ0v) is 15.1. The van der Waals surface area contributed by atoms with E-state index in [2.05, 4.69) is 52.8 Å². The van der Waals surface area contributed by atoms with Crippen molar-refractivity contribution in [1.29, 1.82) is 0 Å². The van der Waals surface area contributed by atoms with Crippen LogP contribution < -0.4 is 0 Å². The van der Waals surface area contributed by atoms with Crippen LogP contribution in [0.2, 0.25) is 0 Å². The minimum atomic E-state index is 0.780. The van der Waals surface area contributed by atoms with E-state index in [4.69, 9.17) is 4.52 Å². The molecule has 128 valence electrons. The fraction of sp³-hybridized carbons (Fsp3) is 0.250. The van der Waals surface area contributed by atoms with Gasteiger partial charge in [-0.05, 0) is 63.3 Å². The lowest BCUT2D eigenvalue weighted by atomic mass is 9.98. The van der Waals surface area contributed by atoms with Crippen LogP contribution in [0.15, 0.2) is 34.0 Å². The second-order valence-corrected chi connectivity index (χ2v) is 6.21. The monoisotopic (exact) mass is 334 g/mol. The van der Waals surface area contributed by atoms with Gasteiger partial charge in [-0.1, -0.05) is 11.2 Å². The molecule has 0 spiro atoms. The van der Waals surface area contributed by atoms with E-state index in [1.54, 1.807) is 6.20 Å². The Labute approximate surface area is 147 Å². The molecule has 25 heavy (non-hydrogen) atoms. The number of hydrogen-bond donors (Lipinski definition) is 1. The molecule has 3 rings (SSSR count). The molecule has 0 bridgehead atoms. The highest BCUT2D eigenvalue weighted by Crippen LogP contribution is 2.32. The van der Waals surface area contributed by atoms with E-state index in [1.807, 2.05) is 26.1 Å². The molecule has 3 aromatic rings. The van der Waals surface area contributed by atoms with Crippen LogP contribution in [0.5, 0.6) is 0 Å². The molecule has 0 unspecified atom stereocenters. The molecule has 0 amide bonds. The second-order valence-electron chi connectivity index (χ2n) is 6.21. The molecule has 0 atom stereocenters. The molecule has 0 saturated heterocycles. The third-order valence-corrected chi connectivity index (χ3v) is 4.39. The first-order valence-corrected chi connectivity index (χ1v) is 8.20. The maximum absolute atomic E-state index is 5.30. The van der Waals surface area contributed by atoms with Gasteiger partial charge in [-0.3, -0.25) is 4.98 Å². The third kappa shape index (κ3) is 3.31. The molecule has 0 aliphatic rings. The van der Waals surface area contributed by atoms with Gasteiger partial charge in [0.2, 0.25) is 0 Å². The normalized spacial score (nSPS) is 11.8. The van der Waals surface area contributed by atoms with Gasteiger partial charge < -0.3 is 9.51 Å². The predicted octanol–water partition coefficient (Wildman–Crippen LogP) is 4.81. The lowest BCUT2D eigenvalue weighted by molar-refractivity contribution is 0.393. The highest BCUT2D eigenvalue weighted by Gasteiger charge is 2.16. The predicted molar refractivity (Wildman–Crippen MR) is 101 cm³/mol. The molecule has 0 aromatic carbocycles. The van der Waals surface area contributed by atoms with Crippen LogP contribution in [0.1, 0.15) is 46.3 Å². The third-order valence-electron chi connectivity index (χ3n) is 4.39. The Kier molecular flexibility index (Phi) is 4.65. The van der Waals surface area contributed by atoms with Crippen LogP contribution in [0.25, 0.3) is 11.6 Å². The van der Waals surface area contributed by atoms with E-state index in [0.29, 0.717) is 0 Å². The summed E-state index contributed by atoms with van der Waals surface area (Å²) in [6.07, 6.45) is 6.59. The number of nitrogens with one attached hydrogen (secondary N) is 1. The minimum absolute atomic E-state index is 0.780. The van der Waals surface area contributed by atoms with Crippen molar-refractivity contribution in [3.8, 4) is 0 Å². The number of aromatic nitrogens is 3. The molecule has 0 aliphatic heterocycles. The first-order chi connectivity index (χ1) is 12.0. The van der Waals surface area contributed by atoms with Crippen molar-refractivity contribution in [2.75, 3.05) is 0 Å². The van der Waals surface area contributed by atoms with E-state index < -0.39 is 0 Å². The SMILES string of the molecule is C=Nc1[nH]c(C)c(Cc2cccnc2)c1/C=C(\C)c1c(C)noc1C. The Bertz CT molecular complexity index is 913. The van der Waals surface area contributed by atoms with Crippen LogP contribution >= 0.6 is 0 Å². The molecular weight excluding hydrogens is 312 g/mol. The topological polar surface area (TPSA) is 67.1 Å². The molecule has 0 aliphatic carbocycles. The van der Waals surface area contributed by atoms with Crippen LogP contribution in [0.4, 0.5) is 5.82 Å². The van der Waals surface area contributed by atoms with Crippen LogP contribution in [-0.4, -0.2) is 21.8 Å². The Hall–Kier alpha value is -2.95. The van der Waals surface area contributed by atoms with Crippen LogP contribution in [0, 0.1) is 20.8 Å². The molecule has 0 radical (unpaired) electrons. The van der Waals surface area contributed by atoms with E-state index in [0.717, 1.165) is 51.7 Å². The molecule has 5 heteroatoms. The lowest BCUT2D eigenvalue weighted by Gasteiger charge is -2.06. The van der Waals surface area contributed by atoms with Crippen molar-refractivity contribution in [3.63, 3.8) is 0 Å². The van der Waals surface area contributed by atoms with Crippen molar-refractivity contribution < 1.29 is 4.52 Å². The number of nitrogens with zero attached hydrogens (tertiary/aromatic N) is 3. The molecule has 3 aromatic heterocycles. The summed E-state index contributed by atoms with van der Waals surface area (Å²) in [5, 5.41) is 4.05. The number of hydrogen-bond acceptors (Lipinski definition) is 4. The van der Waals surface area contributed by atoms with Crippen molar-refractivity contribution in [3.05, 3.63) is 63.9 Å². The molecule has 5 nitrogen and oxygen atoms in total. The van der Waals surface area contributed by atoms with Crippen LogP contribution in [0.3, 0.4) is 0 Å². The summed E-state index contributed by atoms with van der Waals surface area (Å²) in [6.45, 7) is 11.7. The number of rotatable bonds is 5. The van der Waals surface area contributed by atoms with Gasteiger partial charge in [-0.2, -0.15) is 0 Å². The number of pyridine rings is 1. The maximum Gasteiger partial charge on any atom is 0.141 e. The van der Waals surface area contributed by atoms with Crippen molar-refractivity contribution in [1.82, 2.24) is 15.1 Å². The number of H-pyrrole nitrogens is 1. The summed E-state index contributed by atoms with van der Waals surface area (Å²) in [5.74, 6) is 1.60. The summed E-state index contributed by atoms with van der Waals surface area (Å²) < 4.78 is 5.30.